The number of carbonyl (C=O) groups excluding carboxylic acids is 2. The quantitative estimate of drug-likeness (QED) is 0.750. The zero-order valence-corrected chi connectivity index (χ0v) is 8.65. The van der Waals surface area contributed by atoms with Gasteiger partial charge in [-0.05, 0) is 12.0 Å². The average Bonchev–Trinajstić information content (AvgIpc) is 2.16. The number of rotatable bonds is 3. The number of hydrogen-bond acceptors (Lipinski definition) is 3. The van der Waals surface area contributed by atoms with Crippen LogP contribution in [0.3, 0.4) is 0 Å². The summed E-state index contributed by atoms with van der Waals surface area (Å²) in [6, 6.07) is 1.40. The Morgan fingerprint density at radius 2 is 1.87 bits per heavy atom. The number of nitrogens with two attached hydrogens (primary N) is 2. The normalized spacial score (nSPS) is 10.3. The predicted molar refractivity (Wildman–Crippen MR) is 55.4 cm³/mol. The number of primary amides is 2. The van der Waals surface area contributed by atoms with Gasteiger partial charge >= 0.3 is 0 Å². The van der Waals surface area contributed by atoms with Crippen LogP contribution in [0, 0.1) is 0 Å². The van der Waals surface area contributed by atoms with Gasteiger partial charge in [-0.25, -0.2) is 0 Å². The van der Waals surface area contributed by atoms with E-state index in [1.165, 1.54) is 12.3 Å². The molecule has 0 spiro atoms. The Bertz CT molecular complexity index is 413. The van der Waals surface area contributed by atoms with E-state index in [4.69, 9.17) is 11.5 Å². The van der Waals surface area contributed by atoms with Gasteiger partial charge in [-0.1, -0.05) is 13.8 Å². The molecule has 0 aliphatic carbocycles. The molecule has 0 aliphatic heterocycles. The van der Waals surface area contributed by atoms with E-state index in [9.17, 15) is 9.59 Å². The maximum absolute atomic E-state index is 11.2. The maximum Gasteiger partial charge on any atom is 0.251 e. The van der Waals surface area contributed by atoms with Gasteiger partial charge in [0.05, 0.1) is 16.8 Å². The Kier molecular flexibility index (Phi) is 3.04. The van der Waals surface area contributed by atoms with E-state index in [0.29, 0.717) is 5.69 Å². The Labute approximate surface area is 87.5 Å². The molecule has 80 valence electrons. The van der Waals surface area contributed by atoms with E-state index in [-0.39, 0.29) is 17.0 Å². The largest absolute Gasteiger partial charge is 0.366 e. The molecule has 0 saturated carbocycles. The van der Waals surface area contributed by atoms with Crippen LogP contribution in [0.4, 0.5) is 0 Å². The number of hydrogen-bond donors (Lipinski definition) is 2. The lowest BCUT2D eigenvalue weighted by Crippen LogP contribution is -2.23. The summed E-state index contributed by atoms with van der Waals surface area (Å²) in [7, 11) is 0. The fourth-order valence-corrected chi connectivity index (χ4v) is 1.38. The Balaban J connectivity index is 3.48. The first-order chi connectivity index (χ1) is 6.95. The molecule has 0 bridgehead atoms. The number of nitrogens with zero attached hydrogens (tertiary/aromatic N) is 1. The topological polar surface area (TPSA) is 99.1 Å². The van der Waals surface area contributed by atoms with Gasteiger partial charge in [0.15, 0.2) is 0 Å². The van der Waals surface area contributed by atoms with Crippen molar-refractivity contribution in [3.05, 3.63) is 29.1 Å². The Morgan fingerprint density at radius 1 is 1.27 bits per heavy atom. The molecule has 0 unspecified atom stereocenters. The number of carbonyl (C=O) groups is 2. The molecule has 1 aromatic heterocycles. The Morgan fingerprint density at radius 3 is 2.27 bits per heavy atom. The predicted octanol–water partition coefficient (Wildman–Crippen LogP) is 0.403. The minimum absolute atomic E-state index is 0.00630. The molecule has 4 N–H and O–H groups in total. The van der Waals surface area contributed by atoms with Crippen LogP contribution in [-0.4, -0.2) is 16.8 Å². The van der Waals surface area contributed by atoms with Crippen LogP contribution in [0.25, 0.3) is 0 Å². The third-order valence-electron chi connectivity index (χ3n) is 2.04. The molecule has 1 heterocycles. The van der Waals surface area contributed by atoms with Crippen molar-refractivity contribution in [2.45, 2.75) is 19.8 Å². The lowest BCUT2D eigenvalue weighted by molar-refractivity contribution is 0.0965. The summed E-state index contributed by atoms with van der Waals surface area (Å²) in [5, 5.41) is 0. The number of pyridine rings is 1. The summed E-state index contributed by atoms with van der Waals surface area (Å²) >= 11 is 0. The summed E-state index contributed by atoms with van der Waals surface area (Å²) in [6.07, 6.45) is 1.45. The molecule has 0 radical (unpaired) electrons. The molecule has 0 fully saturated rings. The molecule has 0 atom stereocenters. The molecule has 0 saturated heterocycles. The average molecular weight is 207 g/mol. The first-order valence-corrected chi connectivity index (χ1v) is 4.53. The second-order valence-corrected chi connectivity index (χ2v) is 3.50. The standard InChI is InChI=1S/C10H13N3O2/c1-5(2)8-7(10(12)15)6(9(11)14)3-4-13-8/h3-5H,1-2H3,(H2,11,14)(H2,12,15). The van der Waals surface area contributed by atoms with Crippen molar-refractivity contribution in [3.63, 3.8) is 0 Å². The van der Waals surface area contributed by atoms with E-state index in [0.717, 1.165) is 0 Å². The molecule has 5 heteroatoms. The van der Waals surface area contributed by atoms with E-state index >= 15 is 0 Å². The minimum atomic E-state index is -0.680. The zero-order valence-electron chi connectivity index (χ0n) is 8.65. The molecular weight excluding hydrogens is 194 g/mol. The van der Waals surface area contributed by atoms with Crippen LogP contribution in [0.1, 0.15) is 46.2 Å². The highest BCUT2D eigenvalue weighted by atomic mass is 16.2. The van der Waals surface area contributed by atoms with Gasteiger partial charge in [-0.15, -0.1) is 0 Å². The SMILES string of the molecule is CC(C)c1nccc(C(N)=O)c1C(N)=O. The minimum Gasteiger partial charge on any atom is -0.366 e. The summed E-state index contributed by atoms with van der Waals surface area (Å²) in [5.74, 6) is -1.35. The van der Waals surface area contributed by atoms with Gasteiger partial charge in [0, 0.05) is 6.20 Å². The van der Waals surface area contributed by atoms with Gasteiger partial charge in [0.2, 0.25) is 5.91 Å². The van der Waals surface area contributed by atoms with Crippen LogP contribution in [0.2, 0.25) is 0 Å². The van der Waals surface area contributed by atoms with Crippen LogP contribution >= 0.6 is 0 Å². The molecule has 1 rings (SSSR count). The molecule has 1 aromatic rings. The van der Waals surface area contributed by atoms with Gasteiger partial charge in [-0.3, -0.25) is 14.6 Å². The second-order valence-electron chi connectivity index (χ2n) is 3.50. The summed E-state index contributed by atoms with van der Waals surface area (Å²) in [4.78, 5) is 26.3. The lowest BCUT2D eigenvalue weighted by atomic mass is 9.98. The fraction of sp³-hybridized carbons (Fsp3) is 0.300. The first kappa shape index (κ1) is 11.2. The van der Waals surface area contributed by atoms with Crippen molar-refractivity contribution in [1.29, 1.82) is 0 Å². The van der Waals surface area contributed by atoms with Gasteiger partial charge in [0.25, 0.3) is 5.91 Å². The van der Waals surface area contributed by atoms with Crippen LogP contribution < -0.4 is 11.5 Å². The fourth-order valence-electron chi connectivity index (χ4n) is 1.38. The molecule has 0 aliphatic rings. The third kappa shape index (κ3) is 2.12. The molecular formula is C10H13N3O2. The molecule has 2 amide bonds. The van der Waals surface area contributed by atoms with Crippen molar-refractivity contribution in [2.24, 2.45) is 11.5 Å². The van der Waals surface area contributed by atoms with Crippen LogP contribution in [0.5, 0.6) is 0 Å². The third-order valence-corrected chi connectivity index (χ3v) is 2.04. The summed E-state index contributed by atoms with van der Waals surface area (Å²) in [5.41, 5.74) is 11.1. The Hall–Kier alpha value is -1.91. The van der Waals surface area contributed by atoms with E-state index in [2.05, 4.69) is 4.98 Å². The van der Waals surface area contributed by atoms with Crippen molar-refractivity contribution in [1.82, 2.24) is 4.98 Å². The highest BCUT2D eigenvalue weighted by Gasteiger charge is 2.19. The van der Waals surface area contributed by atoms with Crippen molar-refractivity contribution in [3.8, 4) is 0 Å². The summed E-state index contributed by atoms with van der Waals surface area (Å²) < 4.78 is 0. The molecule has 5 nitrogen and oxygen atoms in total. The zero-order chi connectivity index (χ0) is 11.6. The monoisotopic (exact) mass is 207 g/mol. The highest BCUT2D eigenvalue weighted by molar-refractivity contribution is 6.06. The van der Waals surface area contributed by atoms with Gasteiger partial charge in [-0.2, -0.15) is 0 Å². The van der Waals surface area contributed by atoms with Crippen molar-refractivity contribution in [2.75, 3.05) is 0 Å². The first-order valence-electron chi connectivity index (χ1n) is 4.53. The van der Waals surface area contributed by atoms with E-state index < -0.39 is 11.8 Å². The van der Waals surface area contributed by atoms with Crippen molar-refractivity contribution >= 4 is 11.8 Å². The maximum atomic E-state index is 11.2. The van der Waals surface area contributed by atoms with Crippen molar-refractivity contribution < 1.29 is 9.59 Å². The summed E-state index contributed by atoms with van der Waals surface area (Å²) in [6.45, 7) is 3.72. The van der Waals surface area contributed by atoms with Crippen LogP contribution in [-0.2, 0) is 0 Å². The van der Waals surface area contributed by atoms with E-state index in [1.807, 2.05) is 13.8 Å². The smallest absolute Gasteiger partial charge is 0.251 e. The lowest BCUT2D eigenvalue weighted by Gasteiger charge is -2.11. The van der Waals surface area contributed by atoms with Gasteiger partial charge < -0.3 is 11.5 Å². The molecule has 15 heavy (non-hydrogen) atoms. The number of aromatic nitrogens is 1. The highest BCUT2D eigenvalue weighted by Crippen LogP contribution is 2.19. The van der Waals surface area contributed by atoms with Gasteiger partial charge in [0.1, 0.15) is 0 Å². The van der Waals surface area contributed by atoms with Crippen LogP contribution in [0.15, 0.2) is 12.3 Å². The second kappa shape index (κ2) is 4.08. The molecule has 0 aromatic carbocycles. The number of amides is 2. The van der Waals surface area contributed by atoms with E-state index in [1.54, 1.807) is 0 Å².